The number of nitrogens with zero attached hydrogens (tertiary/aromatic N) is 2. The summed E-state index contributed by atoms with van der Waals surface area (Å²) in [5.41, 5.74) is -0.0494. The maximum Gasteiger partial charge on any atom is 0.335 e. The van der Waals surface area contributed by atoms with E-state index in [0.717, 1.165) is 18.0 Å². The molecule has 0 bridgehead atoms. The molecule has 1 N–H and O–H groups in total. The van der Waals surface area contributed by atoms with Crippen LogP contribution in [-0.2, 0) is 0 Å². The summed E-state index contributed by atoms with van der Waals surface area (Å²) in [6.45, 7) is 0. The molecule has 0 unspecified atom stereocenters. The third-order valence-electron chi connectivity index (χ3n) is 2.30. The summed E-state index contributed by atoms with van der Waals surface area (Å²) in [5, 5.41) is 20.0. The predicted molar refractivity (Wildman–Crippen MR) is 73.4 cm³/mol. The smallest absolute Gasteiger partial charge is 0.335 e. The number of carbonyl (C=O) groups is 1. The molecule has 0 aliphatic carbocycles. The zero-order valence-electron chi connectivity index (χ0n) is 9.82. The Bertz CT molecular complexity index is 693. The molecule has 0 saturated carbocycles. The summed E-state index contributed by atoms with van der Waals surface area (Å²) in [4.78, 5) is 25.4. The van der Waals surface area contributed by atoms with Crippen molar-refractivity contribution < 1.29 is 14.8 Å². The Kier molecular flexibility index (Phi) is 4.21. The number of rotatable bonds is 4. The topological polar surface area (TPSA) is 93.3 Å². The molecule has 0 radical (unpaired) electrons. The number of hydrogen-bond donors (Lipinski definition) is 1. The minimum Gasteiger partial charge on any atom is -0.478 e. The fourth-order valence-corrected chi connectivity index (χ4v) is 2.49. The highest BCUT2D eigenvalue weighted by Crippen LogP contribution is 2.33. The van der Waals surface area contributed by atoms with Crippen LogP contribution in [0.4, 0.5) is 5.69 Å². The number of benzene rings is 1. The average Bonchev–Trinajstić information content (AvgIpc) is 2.41. The van der Waals surface area contributed by atoms with Gasteiger partial charge in [-0.05, 0) is 18.2 Å². The van der Waals surface area contributed by atoms with Gasteiger partial charge in [-0.1, -0.05) is 29.4 Å². The molecule has 2 aromatic rings. The molecule has 0 saturated heterocycles. The van der Waals surface area contributed by atoms with Crippen LogP contribution in [0.15, 0.2) is 46.5 Å². The molecule has 102 valence electrons. The Morgan fingerprint density at radius 2 is 2.15 bits per heavy atom. The molecule has 6 nitrogen and oxygen atoms in total. The standard InChI is InChI=1S/C12H7ClN2O4S/c13-10-5-8(15(18)19)6-14-11(10)20-9-3-1-2-7(4-9)12(16)17/h1-6H,(H,16,17). The van der Waals surface area contributed by atoms with Crippen LogP contribution in [0.25, 0.3) is 0 Å². The summed E-state index contributed by atoms with van der Waals surface area (Å²) >= 11 is 7.06. The molecular formula is C12H7ClN2O4S. The van der Waals surface area contributed by atoms with Crippen LogP contribution >= 0.6 is 23.4 Å². The maximum atomic E-state index is 10.9. The van der Waals surface area contributed by atoms with E-state index in [1.54, 1.807) is 12.1 Å². The third kappa shape index (κ3) is 3.25. The fourth-order valence-electron chi connectivity index (χ4n) is 1.39. The number of carboxylic acid groups (broad SMARTS) is 1. The van der Waals surface area contributed by atoms with Gasteiger partial charge in [-0.3, -0.25) is 10.1 Å². The Morgan fingerprint density at radius 1 is 1.40 bits per heavy atom. The summed E-state index contributed by atoms with van der Waals surface area (Å²) in [5.74, 6) is -1.03. The van der Waals surface area contributed by atoms with E-state index in [0.29, 0.717) is 9.92 Å². The minimum absolute atomic E-state index is 0.143. The van der Waals surface area contributed by atoms with Gasteiger partial charge in [0.05, 0.1) is 15.5 Å². The van der Waals surface area contributed by atoms with Crippen molar-refractivity contribution in [3.8, 4) is 0 Å². The summed E-state index contributed by atoms with van der Waals surface area (Å²) in [6, 6.07) is 7.46. The number of aromatic nitrogens is 1. The van der Waals surface area contributed by atoms with E-state index in [9.17, 15) is 14.9 Å². The summed E-state index contributed by atoms with van der Waals surface area (Å²) < 4.78 is 0. The first-order valence-electron chi connectivity index (χ1n) is 5.28. The Balaban J connectivity index is 2.28. The molecule has 20 heavy (non-hydrogen) atoms. The van der Waals surface area contributed by atoms with Gasteiger partial charge < -0.3 is 5.11 Å². The monoisotopic (exact) mass is 310 g/mol. The molecule has 0 atom stereocenters. The normalized spacial score (nSPS) is 10.2. The first-order chi connectivity index (χ1) is 9.47. The second-order valence-electron chi connectivity index (χ2n) is 3.67. The lowest BCUT2D eigenvalue weighted by Crippen LogP contribution is -1.95. The number of halogens is 1. The third-order valence-corrected chi connectivity index (χ3v) is 3.71. The lowest BCUT2D eigenvalue weighted by Gasteiger charge is -2.04. The fraction of sp³-hybridized carbons (Fsp3) is 0. The van der Waals surface area contributed by atoms with Gasteiger partial charge in [0.2, 0.25) is 0 Å². The molecule has 0 aliphatic rings. The van der Waals surface area contributed by atoms with Gasteiger partial charge in [0.1, 0.15) is 11.2 Å². The molecule has 0 fully saturated rings. The highest BCUT2D eigenvalue weighted by molar-refractivity contribution is 7.99. The summed E-state index contributed by atoms with van der Waals surface area (Å²) in [6.07, 6.45) is 1.11. The molecule has 1 heterocycles. The van der Waals surface area contributed by atoms with Crippen molar-refractivity contribution in [2.75, 3.05) is 0 Å². The van der Waals surface area contributed by atoms with E-state index < -0.39 is 10.9 Å². The molecule has 1 aromatic carbocycles. The van der Waals surface area contributed by atoms with E-state index in [-0.39, 0.29) is 16.3 Å². The van der Waals surface area contributed by atoms with Crippen molar-refractivity contribution in [3.05, 3.63) is 57.2 Å². The van der Waals surface area contributed by atoms with Crippen molar-refractivity contribution in [1.29, 1.82) is 0 Å². The number of hydrogen-bond acceptors (Lipinski definition) is 5. The first-order valence-corrected chi connectivity index (χ1v) is 6.48. The molecule has 0 spiro atoms. The van der Waals surface area contributed by atoms with Crippen molar-refractivity contribution in [1.82, 2.24) is 4.98 Å². The molecule has 2 rings (SSSR count). The number of carboxylic acids is 1. The van der Waals surface area contributed by atoms with Gasteiger partial charge >= 0.3 is 5.97 Å². The summed E-state index contributed by atoms with van der Waals surface area (Å²) in [7, 11) is 0. The Labute approximate surface area is 122 Å². The van der Waals surface area contributed by atoms with Crippen LogP contribution in [0.1, 0.15) is 10.4 Å². The van der Waals surface area contributed by atoms with Crippen LogP contribution < -0.4 is 0 Å². The zero-order chi connectivity index (χ0) is 14.7. The molecule has 8 heteroatoms. The van der Waals surface area contributed by atoms with Crippen molar-refractivity contribution >= 4 is 35.0 Å². The molecule has 0 aliphatic heterocycles. The zero-order valence-corrected chi connectivity index (χ0v) is 11.4. The van der Waals surface area contributed by atoms with E-state index in [4.69, 9.17) is 16.7 Å². The second-order valence-corrected chi connectivity index (χ2v) is 5.14. The lowest BCUT2D eigenvalue weighted by molar-refractivity contribution is -0.385. The maximum absolute atomic E-state index is 10.9. The van der Waals surface area contributed by atoms with Crippen molar-refractivity contribution in [2.45, 2.75) is 9.92 Å². The second kappa shape index (κ2) is 5.89. The first kappa shape index (κ1) is 14.3. The minimum atomic E-state index is -1.03. The van der Waals surface area contributed by atoms with E-state index in [2.05, 4.69) is 4.98 Å². The van der Waals surface area contributed by atoms with Crippen LogP contribution in [-0.4, -0.2) is 21.0 Å². The Morgan fingerprint density at radius 3 is 2.75 bits per heavy atom. The van der Waals surface area contributed by atoms with Crippen LogP contribution in [0.3, 0.4) is 0 Å². The number of nitro groups is 1. The lowest BCUT2D eigenvalue weighted by atomic mass is 10.2. The van der Waals surface area contributed by atoms with Gasteiger partial charge in [0, 0.05) is 11.0 Å². The van der Waals surface area contributed by atoms with Crippen LogP contribution in [0.2, 0.25) is 5.02 Å². The van der Waals surface area contributed by atoms with Gasteiger partial charge in [-0.2, -0.15) is 0 Å². The highest BCUT2D eigenvalue weighted by Gasteiger charge is 2.12. The molecule has 1 aromatic heterocycles. The van der Waals surface area contributed by atoms with Gasteiger partial charge in [-0.25, -0.2) is 9.78 Å². The van der Waals surface area contributed by atoms with E-state index in [1.165, 1.54) is 18.2 Å². The van der Waals surface area contributed by atoms with Crippen LogP contribution in [0, 0.1) is 10.1 Å². The highest BCUT2D eigenvalue weighted by atomic mass is 35.5. The quantitative estimate of drug-likeness (QED) is 0.686. The molecular weight excluding hydrogens is 304 g/mol. The number of aromatic carboxylic acids is 1. The largest absolute Gasteiger partial charge is 0.478 e. The average molecular weight is 311 g/mol. The van der Waals surface area contributed by atoms with E-state index in [1.807, 2.05) is 0 Å². The van der Waals surface area contributed by atoms with E-state index >= 15 is 0 Å². The Hall–Kier alpha value is -2.12. The SMILES string of the molecule is O=C(O)c1cccc(Sc2ncc([N+](=O)[O-])cc2Cl)c1. The van der Waals surface area contributed by atoms with Gasteiger partial charge in [-0.15, -0.1) is 0 Å². The molecule has 0 amide bonds. The van der Waals surface area contributed by atoms with Crippen LogP contribution in [0.5, 0.6) is 0 Å². The van der Waals surface area contributed by atoms with Gasteiger partial charge in [0.15, 0.2) is 0 Å². The predicted octanol–water partition coefficient (Wildman–Crippen LogP) is 3.49. The van der Waals surface area contributed by atoms with Gasteiger partial charge in [0.25, 0.3) is 5.69 Å². The van der Waals surface area contributed by atoms with Crippen molar-refractivity contribution in [2.24, 2.45) is 0 Å². The van der Waals surface area contributed by atoms with Crippen molar-refractivity contribution in [3.63, 3.8) is 0 Å². The number of pyridine rings is 1.